The Bertz CT molecular complexity index is 566. The third kappa shape index (κ3) is 4.76. The first kappa shape index (κ1) is 17.4. The number of benzene rings is 1. The van der Waals surface area contributed by atoms with Crippen LogP contribution in [0.1, 0.15) is 27.2 Å². The van der Waals surface area contributed by atoms with Crippen LogP contribution in [0.25, 0.3) is 0 Å². The highest BCUT2D eigenvalue weighted by Gasteiger charge is 2.25. The number of nitrogens with two attached hydrogens (primary N) is 1. The van der Waals surface area contributed by atoms with Crippen LogP contribution in [0.2, 0.25) is 0 Å². The number of nitrogens with zero attached hydrogens (tertiary/aromatic N) is 2. The van der Waals surface area contributed by atoms with E-state index in [4.69, 9.17) is 10.5 Å². The van der Waals surface area contributed by atoms with Gasteiger partial charge in [-0.05, 0) is 53.4 Å². The molecule has 0 unspecified atom stereocenters. The standard InChI is InChI=1S/C17H28N4O2/c1-17(2,3)19-16(22)23-15-10-12(6-7-14(15)18)21-9-8-13(11-21)20(4)5/h6-7,10,13H,8-9,11,18H2,1-5H3,(H,19,22)/t13-/m1/s1. The topological polar surface area (TPSA) is 70.8 Å². The molecule has 1 saturated heterocycles. The van der Waals surface area contributed by atoms with Crippen molar-refractivity contribution >= 4 is 17.5 Å². The average Bonchev–Trinajstić information content (AvgIpc) is 2.89. The van der Waals surface area contributed by atoms with Crippen molar-refractivity contribution in [3.05, 3.63) is 18.2 Å². The second kappa shape index (κ2) is 6.66. The average molecular weight is 320 g/mol. The molecule has 6 heteroatoms. The van der Waals surface area contributed by atoms with Crippen LogP contribution in [0.3, 0.4) is 0 Å². The van der Waals surface area contributed by atoms with E-state index < -0.39 is 6.09 Å². The van der Waals surface area contributed by atoms with Crippen LogP contribution in [-0.2, 0) is 0 Å². The number of ether oxygens (including phenoxy) is 1. The van der Waals surface area contributed by atoms with Crippen LogP contribution in [0.4, 0.5) is 16.2 Å². The first-order valence-electron chi connectivity index (χ1n) is 7.96. The molecule has 1 aliphatic heterocycles. The highest BCUT2D eigenvalue weighted by molar-refractivity contribution is 5.75. The number of anilines is 2. The van der Waals surface area contributed by atoms with Crippen LogP contribution >= 0.6 is 0 Å². The number of amides is 1. The van der Waals surface area contributed by atoms with Gasteiger partial charge >= 0.3 is 6.09 Å². The number of carbonyl (C=O) groups is 1. The van der Waals surface area contributed by atoms with Gasteiger partial charge in [-0.25, -0.2) is 4.79 Å². The maximum absolute atomic E-state index is 11.9. The molecule has 1 aromatic rings. The minimum atomic E-state index is -0.492. The Morgan fingerprint density at radius 3 is 2.65 bits per heavy atom. The van der Waals surface area contributed by atoms with Gasteiger partial charge in [-0.2, -0.15) is 0 Å². The molecule has 0 radical (unpaired) electrons. The maximum Gasteiger partial charge on any atom is 0.413 e. The summed E-state index contributed by atoms with van der Waals surface area (Å²) >= 11 is 0. The zero-order chi connectivity index (χ0) is 17.2. The Morgan fingerprint density at radius 2 is 2.09 bits per heavy atom. The van der Waals surface area contributed by atoms with Crippen LogP contribution in [0, 0.1) is 0 Å². The third-order valence-corrected chi connectivity index (χ3v) is 3.94. The summed E-state index contributed by atoms with van der Waals surface area (Å²) in [6.45, 7) is 7.66. The van der Waals surface area contributed by atoms with Crippen molar-refractivity contribution in [2.75, 3.05) is 37.8 Å². The van der Waals surface area contributed by atoms with Gasteiger partial charge in [0.05, 0.1) is 5.69 Å². The van der Waals surface area contributed by atoms with Crippen molar-refractivity contribution in [3.8, 4) is 5.75 Å². The second-order valence-electron chi connectivity index (χ2n) is 7.34. The lowest BCUT2D eigenvalue weighted by Gasteiger charge is -2.23. The highest BCUT2D eigenvalue weighted by Crippen LogP contribution is 2.30. The van der Waals surface area contributed by atoms with Crippen LogP contribution in [0.5, 0.6) is 5.75 Å². The van der Waals surface area contributed by atoms with E-state index in [1.165, 1.54) is 0 Å². The number of nitrogen functional groups attached to an aromatic ring is 1. The van der Waals surface area contributed by atoms with E-state index >= 15 is 0 Å². The second-order valence-corrected chi connectivity index (χ2v) is 7.34. The molecule has 0 saturated carbocycles. The smallest absolute Gasteiger partial charge is 0.408 e. The number of rotatable bonds is 3. The minimum Gasteiger partial charge on any atom is -0.408 e. The molecule has 1 aromatic carbocycles. The quantitative estimate of drug-likeness (QED) is 0.836. The molecule has 0 aliphatic carbocycles. The number of carbonyl (C=O) groups excluding carboxylic acids is 1. The van der Waals surface area contributed by atoms with Gasteiger partial charge in [0.2, 0.25) is 0 Å². The Morgan fingerprint density at radius 1 is 1.39 bits per heavy atom. The summed E-state index contributed by atoms with van der Waals surface area (Å²) in [5, 5.41) is 2.77. The highest BCUT2D eigenvalue weighted by atomic mass is 16.6. The van der Waals surface area contributed by atoms with Crippen LogP contribution < -0.4 is 20.7 Å². The molecule has 1 aliphatic rings. The van der Waals surface area contributed by atoms with E-state index in [0.29, 0.717) is 17.5 Å². The molecule has 1 fully saturated rings. The number of likely N-dealkylation sites (N-methyl/N-ethyl adjacent to an activating group) is 1. The monoisotopic (exact) mass is 320 g/mol. The first-order chi connectivity index (χ1) is 10.7. The first-order valence-corrected chi connectivity index (χ1v) is 7.96. The molecule has 2 rings (SSSR count). The summed E-state index contributed by atoms with van der Waals surface area (Å²) in [6, 6.07) is 6.15. The zero-order valence-corrected chi connectivity index (χ0v) is 14.7. The molecule has 6 nitrogen and oxygen atoms in total. The number of hydrogen-bond acceptors (Lipinski definition) is 5. The Kier molecular flexibility index (Phi) is 5.04. The van der Waals surface area contributed by atoms with Crippen LogP contribution in [0.15, 0.2) is 18.2 Å². The molecule has 3 N–H and O–H groups in total. The SMILES string of the molecule is CN(C)[C@@H]1CCN(c2ccc(N)c(OC(=O)NC(C)(C)C)c2)C1. The lowest BCUT2D eigenvalue weighted by molar-refractivity contribution is 0.191. The summed E-state index contributed by atoms with van der Waals surface area (Å²) in [4.78, 5) is 16.5. The van der Waals surface area contributed by atoms with Gasteiger partial charge in [-0.1, -0.05) is 0 Å². The molecular weight excluding hydrogens is 292 g/mol. The maximum atomic E-state index is 11.9. The van der Waals surface area contributed by atoms with Gasteiger partial charge in [0, 0.05) is 36.4 Å². The lowest BCUT2D eigenvalue weighted by Crippen LogP contribution is -2.42. The van der Waals surface area contributed by atoms with E-state index in [9.17, 15) is 4.79 Å². The molecule has 1 atom stereocenters. The Labute approximate surface area is 138 Å². The molecular formula is C17H28N4O2. The molecule has 0 bridgehead atoms. The summed E-state index contributed by atoms with van der Waals surface area (Å²) in [5.74, 6) is 0.401. The number of nitrogens with one attached hydrogen (secondary N) is 1. The summed E-state index contributed by atoms with van der Waals surface area (Å²) < 4.78 is 5.38. The van der Waals surface area contributed by atoms with E-state index in [0.717, 1.165) is 25.2 Å². The van der Waals surface area contributed by atoms with Gasteiger partial charge in [0.1, 0.15) is 0 Å². The van der Waals surface area contributed by atoms with Gasteiger partial charge in [-0.3, -0.25) is 0 Å². The van der Waals surface area contributed by atoms with Crippen molar-refractivity contribution in [2.24, 2.45) is 0 Å². The van der Waals surface area contributed by atoms with Crippen molar-refractivity contribution in [3.63, 3.8) is 0 Å². The van der Waals surface area contributed by atoms with Crippen molar-refractivity contribution in [1.82, 2.24) is 10.2 Å². The van der Waals surface area contributed by atoms with Crippen molar-refractivity contribution in [1.29, 1.82) is 0 Å². The molecule has 0 aromatic heterocycles. The summed E-state index contributed by atoms with van der Waals surface area (Å²) in [7, 11) is 4.20. The van der Waals surface area contributed by atoms with Crippen molar-refractivity contribution in [2.45, 2.75) is 38.8 Å². The van der Waals surface area contributed by atoms with E-state index in [2.05, 4.69) is 29.2 Å². The van der Waals surface area contributed by atoms with Gasteiger partial charge in [0.15, 0.2) is 5.75 Å². The number of hydrogen-bond donors (Lipinski definition) is 2. The minimum absolute atomic E-state index is 0.350. The Balaban J connectivity index is 2.09. The summed E-state index contributed by atoms with van der Waals surface area (Å²) in [5.41, 5.74) is 7.08. The lowest BCUT2D eigenvalue weighted by atomic mass is 10.1. The zero-order valence-electron chi connectivity index (χ0n) is 14.7. The predicted molar refractivity (Wildman–Crippen MR) is 94.1 cm³/mol. The largest absolute Gasteiger partial charge is 0.413 e. The van der Waals surface area contributed by atoms with E-state index in [1.54, 1.807) is 6.07 Å². The fraction of sp³-hybridized carbons (Fsp3) is 0.588. The van der Waals surface area contributed by atoms with Gasteiger partial charge in [0.25, 0.3) is 0 Å². The third-order valence-electron chi connectivity index (χ3n) is 3.94. The fourth-order valence-electron chi connectivity index (χ4n) is 2.64. The van der Waals surface area contributed by atoms with Gasteiger partial charge < -0.3 is 25.6 Å². The van der Waals surface area contributed by atoms with Gasteiger partial charge in [-0.15, -0.1) is 0 Å². The molecule has 23 heavy (non-hydrogen) atoms. The fourth-order valence-corrected chi connectivity index (χ4v) is 2.64. The molecule has 0 spiro atoms. The van der Waals surface area contributed by atoms with Crippen LogP contribution in [-0.4, -0.2) is 49.8 Å². The molecule has 128 valence electrons. The Hall–Kier alpha value is -1.95. The molecule has 1 amide bonds. The van der Waals surface area contributed by atoms with Crippen molar-refractivity contribution < 1.29 is 9.53 Å². The molecule has 1 heterocycles. The van der Waals surface area contributed by atoms with E-state index in [1.807, 2.05) is 32.9 Å². The summed E-state index contributed by atoms with van der Waals surface area (Å²) in [6.07, 6.45) is 0.631. The predicted octanol–water partition coefficient (Wildman–Crippen LogP) is 2.30. The normalized spacial score (nSPS) is 18.3. The van der Waals surface area contributed by atoms with E-state index in [-0.39, 0.29) is 5.54 Å².